The van der Waals surface area contributed by atoms with E-state index in [0.29, 0.717) is 6.54 Å². The minimum Gasteiger partial charge on any atom is -0.379 e. The van der Waals surface area contributed by atoms with E-state index in [1.54, 1.807) is 0 Å². The van der Waals surface area contributed by atoms with Gasteiger partial charge in [-0.15, -0.1) is 0 Å². The van der Waals surface area contributed by atoms with Gasteiger partial charge in [-0.25, -0.2) is 8.78 Å². The molecule has 0 saturated carbocycles. The number of nitrogens with one attached hydrogen (secondary N) is 1. The highest BCUT2D eigenvalue weighted by Gasteiger charge is 2.11. The molecule has 1 aliphatic rings. The molecule has 1 aromatic carbocycles. The van der Waals surface area contributed by atoms with Gasteiger partial charge >= 0.3 is 0 Å². The Bertz CT molecular complexity index is 462. The van der Waals surface area contributed by atoms with Gasteiger partial charge in [0, 0.05) is 25.2 Å². The van der Waals surface area contributed by atoms with E-state index in [4.69, 9.17) is 4.74 Å². The summed E-state index contributed by atoms with van der Waals surface area (Å²) in [6.07, 6.45) is 0.815. The summed E-state index contributed by atoms with van der Waals surface area (Å²) in [5.41, 5.74) is 0.135. The van der Waals surface area contributed by atoms with E-state index in [-0.39, 0.29) is 11.5 Å². The molecule has 0 unspecified atom stereocenters. The Labute approximate surface area is 116 Å². The number of rotatable bonds is 5. The normalized spacial score (nSPS) is 16.1. The van der Waals surface area contributed by atoms with Gasteiger partial charge < -0.3 is 10.1 Å². The van der Waals surface area contributed by atoms with E-state index < -0.39 is 11.6 Å². The van der Waals surface area contributed by atoms with Gasteiger partial charge in [0.15, 0.2) is 11.6 Å². The van der Waals surface area contributed by atoms with E-state index >= 15 is 0 Å². The lowest BCUT2D eigenvalue weighted by atomic mass is 10.2. The number of hydrogen-bond donors (Lipinski definition) is 1. The number of halogens is 2. The van der Waals surface area contributed by atoms with Gasteiger partial charge in [0.05, 0.1) is 13.2 Å². The van der Waals surface area contributed by atoms with E-state index in [9.17, 15) is 13.6 Å². The summed E-state index contributed by atoms with van der Waals surface area (Å²) in [5, 5.41) is 2.70. The first kappa shape index (κ1) is 14.9. The summed E-state index contributed by atoms with van der Waals surface area (Å²) in [6.45, 7) is 4.73. The first-order valence-corrected chi connectivity index (χ1v) is 6.70. The Morgan fingerprint density at radius 3 is 2.70 bits per heavy atom. The zero-order valence-electron chi connectivity index (χ0n) is 11.2. The molecule has 2 rings (SSSR count). The summed E-state index contributed by atoms with van der Waals surface area (Å²) in [7, 11) is 0. The summed E-state index contributed by atoms with van der Waals surface area (Å²) in [5.74, 6) is -2.34. The number of ether oxygens (including phenoxy) is 1. The molecule has 110 valence electrons. The number of amides is 1. The summed E-state index contributed by atoms with van der Waals surface area (Å²) < 4.78 is 31.0. The lowest BCUT2D eigenvalue weighted by molar-refractivity contribution is 0.0374. The maximum Gasteiger partial charge on any atom is 0.251 e. The molecular weight excluding hydrogens is 266 g/mol. The summed E-state index contributed by atoms with van der Waals surface area (Å²) in [6, 6.07) is 3.14. The molecule has 1 amide bonds. The third-order valence-corrected chi connectivity index (χ3v) is 3.22. The van der Waals surface area contributed by atoms with Crippen molar-refractivity contribution in [1.29, 1.82) is 0 Å². The summed E-state index contributed by atoms with van der Waals surface area (Å²) in [4.78, 5) is 14.0. The lowest BCUT2D eigenvalue weighted by Gasteiger charge is -2.26. The van der Waals surface area contributed by atoms with Crippen LogP contribution in [0.15, 0.2) is 18.2 Å². The van der Waals surface area contributed by atoms with Crippen LogP contribution in [-0.4, -0.2) is 50.2 Å². The smallest absolute Gasteiger partial charge is 0.251 e. The molecule has 1 aliphatic heterocycles. The van der Waals surface area contributed by atoms with Crippen molar-refractivity contribution in [3.05, 3.63) is 35.4 Å². The molecular formula is C14H18F2N2O2. The molecule has 0 aromatic heterocycles. The molecule has 1 saturated heterocycles. The third-order valence-electron chi connectivity index (χ3n) is 3.22. The second-order valence-corrected chi connectivity index (χ2v) is 4.69. The van der Waals surface area contributed by atoms with Crippen molar-refractivity contribution in [2.45, 2.75) is 6.42 Å². The second kappa shape index (κ2) is 7.31. The predicted octanol–water partition coefficient (Wildman–Crippen LogP) is 1.42. The lowest BCUT2D eigenvalue weighted by Crippen LogP contribution is -2.38. The van der Waals surface area contributed by atoms with Crippen LogP contribution in [0.25, 0.3) is 0 Å². The van der Waals surface area contributed by atoms with Gasteiger partial charge in [-0.05, 0) is 31.2 Å². The average molecular weight is 284 g/mol. The van der Waals surface area contributed by atoms with Crippen molar-refractivity contribution in [2.75, 3.05) is 39.4 Å². The van der Waals surface area contributed by atoms with E-state index in [2.05, 4.69) is 10.2 Å². The zero-order chi connectivity index (χ0) is 14.4. The second-order valence-electron chi connectivity index (χ2n) is 4.69. The minimum atomic E-state index is -1.01. The van der Waals surface area contributed by atoms with Gasteiger partial charge in [-0.3, -0.25) is 9.69 Å². The van der Waals surface area contributed by atoms with Crippen molar-refractivity contribution in [2.24, 2.45) is 0 Å². The highest BCUT2D eigenvalue weighted by molar-refractivity contribution is 5.94. The maximum atomic E-state index is 13.0. The van der Waals surface area contributed by atoms with Crippen molar-refractivity contribution < 1.29 is 18.3 Å². The number of benzene rings is 1. The largest absolute Gasteiger partial charge is 0.379 e. The fourth-order valence-corrected chi connectivity index (χ4v) is 2.07. The quantitative estimate of drug-likeness (QED) is 0.831. The number of morpholine rings is 1. The monoisotopic (exact) mass is 284 g/mol. The van der Waals surface area contributed by atoms with E-state index in [1.165, 1.54) is 6.07 Å². The van der Waals surface area contributed by atoms with E-state index in [1.807, 2.05) is 0 Å². The summed E-state index contributed by atoms with van der Waals surface area (Å²) >= 11 is 0. The number of hydrogen-bond acceptors (Lipinski definition) is 3. The Morgan fingerprint density at radius 2 is 2.00 bits per heavy atom. The molecule has 1 heterocycles. The molecule has 1 aromatic rings. The van der Waals surface area contributed by atoms with Crippen LogP contribution in [-0.2, 0) is 4.74 Å². The minimum absolute atomic E-state index is 0.135. The SMILES string of the molecule is O=C(NCCCN1CCOCC1)c1ccc(F)c(F)c1. The molecule has 1 N–H and O–H groups in total. The fourth-order valence-electron chi connectivity index (χ4n) is 2.07. The first-order chi connectivity index (χ1) is 9.66. The van der Waals surface area contributed by atoms with Crippen molar-refractivity contribution in [3.8, 4) is 0 Å². The number of carbonyl (C=O) groups excluding carboxylic acids is 1. The third kappa shape index (κ3) is 4.25. The van der Waals surface area contributed by atoms with Crippen LogP contribution >= 0.6 is 0 Å². The van der Waals surface area contributed by atoms with Crippen molar-refractivity contribution in [3.63, 3.8) is 0 Å². The van der Waals surface area contributed by atoms with Gasteiger partial charge in [0.2, 0.25) is 0 Å². The van der Waals surface area contributed by atoms with Crippen LogP contribution in [0, 0.1) is 11.6 Å². The van der Waals surface area contributed by atoms with Gasteiger partial charge in [0.25, 0.3) is 5.91 Å². The van der Waals surface area contributed by atoms with E-state index in [0.717, 1.165) is 51.4 Å². The van der Waals surface area contributed by atoms with Crippen molar-refractivity contribution in [1.82, 2.24) is 10.2 Å². The van der Waals surface area contributed by atoms with Crippen LogP contribution in [0.2, 0.25) is 0 Å². The molecule has 0 spiro atoms. The van der Waals surface area contributed by atoms with Crippen LogP contribution < -0.4 is 5.32 Å². The predicted molar refractivity (Wildman–Crippen MR) is 70.6 cm³/mol. The van der Waals surface area contributed by atoms with Crippen molar-refractivity contribution >= 4 is 5.91 Å². The molecule has 0 aliphatic carbocycles. The van der Waals surface area contributed by atoms with Crippen LogP contribution in [0.3, 0.4) is 0 Å². The van der Waals surface area contributed by atoms with Crippen LogP contribution in [0.1, 0.15) is 16.8 Å². The molecule has 4 nitrogen and oxygen atoms in total. The zero-order valence-corrected chi connectivity index (χ0v) is 11.2. The highest BCUT2D eigenvalue weighted by atomic mass is 19.2. The standard InChI is InChI=1S/C14H18F2N2O2/c15-12-3-2-11(10-13(12)16)14(19)17-4-1-5-18-6-8-20-9-7-18/h2-3,10H,1,4-9H2,(H,17,19). The molecule has 0 atom stereocenters. The fraction of sp³-hybridized carbons (Fsp3) is 0.500. The Kier molecular flexibility index (Phi) is 5.43. The highest BCUT2D eigenvalue weighted by Crippen LogP contribution is 2.08. The van der Waals surface area contributed by atoms with Gasteiger partial charge in [-0.2, -0.15) is 0 Å². The molecule has 6 heteroatoms. The topological polar surface area (TPSA) is 41.6 Å². The van der Waals surface area contributed by atoms with Crippen LogP contribution in [0.5, 0.6) is 0 Å². The average Bonchev–Trinajstić information content (AvgIpc) is 2.47. The van der Waals surface area contributed by atoms with Crippen LogP contribution in [0.4, 0.5) is 8.78 Å². The Hall–Kier alpha value is -1.53. The number of carbonyl (C=O) groups is 1. The van der Waals surface area contributed by atoms with Gasteiger partial charge in [-0.1, -0.05) is 0 Å². The number of nitrogens with zero attached hydrogens (tertiary/aromatic N) is 1. The molecule has 0 radical (unpaired) electrons. The first-order valence-electron chi connectivity index (χ1n) is 6.70. The van der Waals surface area contributed by atoms with Gasteiger partial charge in [0.1, 0.15) is 0 Å². The Balaban J connectivity index is 1.70. The molecule has 1 fully saturated rings. The molecule has 0 bridgehead atoms. The maximum absolute atomic E-state index is 13.0. The Morgan fingerprint density at radius 1 is 1.25 bits per heavy atom. The molecule has 20 heavy (non-hydrogen) atoms.